The highest BCUT2D eigenvalue weighted by Gasteiger charge is 2.35. The van der Waals surface area contributed by atoms with Crippen LogP contribution in [0.15, 0.2) is 6.20 Å². The van der Waals surface area contributed by atoms with E-state index in [9.17, 15) is 9.90 Å². The summed E-state index contributed by atoms with van der Waals surface area (Å²) in [6.45, 7) is 2.39. The number of hydrogen-bond donors (Lipinski definition) is 1. The predicted molar refractivity (Wildman–Crippen MR) is 54.8 cm³/mol. The summed E-state index contributed by atoms with van der Waals surface area (Å²) in [6.07, 6.45) is 3.93. The molecular weight excluding hydrogens is 210 g/mol. The zero-order valence-corrected chi connectivity index (χ0v) is 9.22. The van der Waals surface area contributed by atoms with E-state index >= 15 is 0 Å². The van der Waals surface area contributed by atoms with Crippen LogP contribution in [0.25, 0.3) is 0 Å². The molecule has 0 unspecified atom stereocenters. The average molecular weight is 225 g/mol. The van der Waals surface area contributed by atoms with E-state index < -0.39 is 11.6 Å². The second-order valence-corrected chi connectivity index (χ2v) is 4.06. The van der Waals surface area contributed by atoms with Crippen LogP contribution in [0.1, 0.15) is 36.7 Å². The van der Waals surface area contributed by atoms with Crippen LogP contribution >= 0.6 is 0 Å². The Balaban J connectivity index is 1.99. The van der Waals surface area contributed by atoms with Gasteiger partial charge in [-0.15, -0.1) is 5.10 Å². The molecule has 0 spiro atoms. The van der Waals surface area contributed by atoms with Gasteiger partial charge in [-0.25, -0.2) is 4.79 Å². The van der Waals surface area contributed by atoms with Gasteiger partial charge in [0.15, 0.2) is 5.69 Å². The van der Waals surface area contributed by atoms with Gasteiger partial charge < -0.3 is 9.84 Å². The molecule has 1 aliphatic carbocycles. The van der Waals surface area contributed by atoms with Crippen LogP contribution in [0, 0.1) is 0 Å². The highest BCUT2D eigenvalue weighted by molar-refractivity contribution is 5.86. The van der Waals surface area contributed by atoms with Crippen molar-refractivity contribution in [3.8, 4) is 0 Å². The molecule has 0 amide bonds. The molecular formula is C10H15N3O3. The lowest BCUT2D eigenvalue weighted by Gasteiger charge is -2.35. The van der Waals surface area contributed by atoms with Crippen molar-refractivity contribution in [2.75, 3.05) is 6.61 Å². The zero-order chi connectivity index (χ0) is 11.6. The third-order valence-corrected chi connectivity index (χ3v) is 2.74. The molecule has 88 valence electrons. The van der Waals surface area contributed by atoms with Gasteiger partial charge in [-0.1, -0.05) is 0 Å². The van der Waals surface area contributed by atoms with Gasteiger partial charge in [-0.2, -0.15) is 9.90 Å². The van der Waals surface area contributed by atoms with Crippen LogP contribution < -0.4 is 0 Å². The van der Waals surface area contributed by atoms with Gasteiger partial charge in [0.25, 0.3) is 0 Å². The van der Waals surface area contributed by atoms with Crippen LogP contribution in [0.5, 0.6) is 0 Å². The van der Waals surface area contributed by atoms with Gasteiger partial charge in [0.1, 0.15) is 0 Å². The molecule has 0 saturated heterocycles. The molecule has 0 bridgehead atoms. The Labute approximate surface area is 93.2 Å². The Hall–Kier alpha value is -1.43. The van der Waals surface area contributed by atoms with Crippen molar-refractivity contribution >= 4 is 5.97 Å². The van der Waals surface area contributed by atoms with Crippen molar-refractivity contribution in [2.45, 2.75) is 38.3 Å². The number of esters is 1. The van der Waals surface area contributed by atoms with Crippen molar-refractivity contribution in [3.63, 3.8) is 0 Å². The topological polar surface area (TPSA) is 77.2 Å². The number of ether oxygens (including phenoxy) is 1. The maximum absolute atomic E-state index is 11.3. The molecule has 1 saturated carbocycles. The van der Waals surface area contributed by atoms with E-state index in [1.807, 2.05) is 0 Å². The summed E-state index contributed by atoms with van der Waals surface area (Å²) in [5, 5.41) is 17.8. The first-order valence-electron chi connectivity index (χ1n) is 5.43. The Bertz CT molecular complexity index is 384. The molecule has 1 aromatic rings. The molecule has 0 atom stereocenters. The van der Waals surface area contributed by atoms with Crippen molar-refractivity contribution in [3.05, 3.63) is 11.9 Å². The smallest absolute Gasteiger partial charge is 0.360 e. The van der Waals surface area contributed by atoms with Crippen LogP contribution in [-0.4, -0.2) is 38.3 Å². The third kappa shape index (κ3) is 2.21. The molecule has 1 aliphatic rings. The number of nitrogens with zero attached hydrogens (tertiary/aromatic N) is 3. The molecule has 1 N–H and O–H groups in total. The minimum Gasteiger partial charge on any atom is -0.461 e. The quantitative estimate of drug-likeness (QED) is 0.749. The molecule has 0 aliphatic heterocycles. The zero-order valence-electron chi connectivity index (χ0n) is 9.22. The van der Waals surface area contributed by atoms with Gasteiger partial charge in [0.2, 0.25) is 0 Å². The normalized spacial score (nSPS) is 17.9. The summed E-state index contributed by atoms with van der Waals surface area (Å²) in [5.74, 6) is -0.477. The SMILES string of the molecule is CCOC(=O)c1cnn(CC2(O)CCC2)n1. The summed E-state index contributed by atoms with van der Waals surface area (Å²) >= 11 is 0. The largest absolute Gasteiger partial charge is 0.461 e. The van der Waals surface area contributed by atoms with E-state index in [2.05, 4.69) is 10.2 Å². The summed E-state index contributed by atoms with van der Waals surface area (Å²) in [4.78, 5) is 12.7. The fourth-order valence-electron chi connectivity index (χ4n) is 1.68. The minimum atomic E-state index is -0.690. The first-order chi connectivity index (χ1) is 7.63. The highest BCUT2D eigenvalue weighted by atomic mass is 16.5. The lowest BCUT2D eigenvalue weighted by Crippen LogP contribution is -2.41. The minimum absolute atomic E-state index is 0.185. The fourth-order valence-corrected chi connectivity index (χ4v) is 1.68. The summed E-state index contributed by atoms with van der Waals surface area (Å²) in [5.41, 5.74) is -0.505. The summed E-state index contributed by atoms with van der Waals surface area (Å²) < 4.78 is 4.79. The molecule has 6 heteroatoms. The van der Waals surface area contributed by atoms with E-state index in [1.165, 1.54) is 11.0 Å². The van der Waals surface area contributed by atoms with Crippen LogP contribution in [0.3, 0.4) is 0 Å². The second kappa shape index (κ2) is 4.21. The molecule has 6 nitrogen and oxygen atoms in total. The molecule has 1 heterocycles. The van der Waals surface area contributed by atoms with Gasteiger partial charge in [-0.3, -0.25) is 0 Å². The fraction of sp³-hybridized carbons (Fsp3) is 0.700. The number of aromatic nitrogens is 3. The predicted octanol–water partition coefficient (Wildman–Crippen LogP) is 0.370. The Morgan fingerprint density at radius 2 is 2.44 bits per heavy atom. The van der Waals surface area contributed by atoms with Crippen molar-refractivity contribution in [1.29, 1.82) is 0 Å². The van der Waals surface area contributed by atoms with Crippen LogP contribution in [0.4, 0.5) is 0 Å². The monoisotopic (exact) mass is 225 g/mol. The van der Waals surface area contributed by atoms with E-state index in [4.69, 9.17) is 4.74 Å². The number of rotatable bonds is 4. The molecule has 1 fully saturated rings. The first kappa shape index (κ1) is 11.1. The van der Waals surface area contributed by atoms with E-state index in [1.54, 1.807) is 6.92 Å². The Morgan fingerprint density at radius 1 is 1.69 bits per heavy atom. The maximum Gasteiger partial charge on any atom is 0.360 e. The lowest BCUT2D eigenvalue weighted by molar-refractivity contribution is -0.0528. The molecule has 0 aromatic carbocycles. The van der Waals surface area contributed by atoms with Gasteiger partial charge in [0.05, 0.1) is 24.9 Å². The van der Waals surface area contributed by atoms with Gasteiger partial charge in [-0.05, 0) is 26.2 Å². The molecule has 2 rings (SSSR count). The number of carbonyl (C=O) groups is 1. The van der Waals surface area contributed by atoms with Gasteiger partial charge in [0, 0.05) is 0 Å². The second-order valence-electron chi connectivity index (χ2n) is 4.06. The highest BCUT2D eigenvalue weighted by Crippen LogP contribution is 2.32. The molecule has 16 heavy (non-hydrogen) atoms. The Kier molecular flexibility index (Phi) is 2.91. The van der Waals surface area contributed by atoms with Crippen molar-refractivity contribution < 1.29 is 14.6 Å². The van der Waals surface area contributed by atoms with Gasteiger partial charge >= 0.3 is 5.97 Å². The molecule has 1 aromatic heterocycles. The van der Waals surface area contributed by atoms with E-state index in [-0.39, 0.29) is 5.69 Å². The van der Waals surface area contributed by atoms with Crippen molar-refractivity contribution in [2.24, 2.45) is 0 Å². The average Bonchev–Trinajstić information content (AvgIpc) is 2.64. The van der Waals surface area contributed by atoms with E-state index in [0.29, 0.717) is 13.2 Å². The van der Waals surface area contributed by atoms with Crippen LogP contribution in [-0.2, 0) is 11.3 Å². The number of hydrogen-bond acceptors (Lipinski definition) is 5. The number of carbonyl (C=O) groups excluding carboxylic acids is 1. The van der Waals surface area contributed by atoms with E-state index in [0.717, 1.165) is 19.3 Å². The maximum atomic E-state index is 11.3. The first-order valence-corrected chi connectivity index (χ1v) is 5.43. The van der Waals surface area contributed by atoms with Crippen molar-refractivity contribution in [1.82, 2.24) is 15.0 Å². The van der Waals surface area contributed by atoms with Crippen LogP contribution in [0.2, 0.25) is 0 Å². The standard InChI is InChI=1S/C10H15N3O3/c1-2-16-9(14)8-6-11-13(12-8)7-10(15)4-3-5-10/h6,15H,2-5,7H2,1H3. The molecule has 0 radical (unpaired) electrons. The Morgan fingerprint density at radius 3 is 3.00 bits per heavy atom. The lowest BCUT2D eigenvalue weighted by atomic mass is 9.80. The summed E-state index contributed by atoms with van der Waals surface area (Å²) in [7, 11) is 0. The number of aliphatic hydroxyl groups is 1. The third-order valence-electron chi connectivity index (χ3n) is 2.74. The summed E-state index contributed by atoms with van der Waals surface area (Å²) in [6, 6.07) is 0.